The fraction of sp³-hybridized carbons (Fsp3) is 0.208. The summed E-state index contributed by atoms with van der Waals surface area (Å²) in [5.41, 5.74) is 2.55. The first-order chi connectivity index (χ1) is 15.1. The lowest BCUT2D eigenvalue weighted by molar-refractivity contribution is -0.115. The number of hydrogen-bond acceptors (Lipinski definition) is 4. The minimum atomic E-state index is -0.144. The van der Waals surface area contributed by atoms with Crippen molar-refractivity contribution in [1.29, 1.82) is 0 Å². The number of pyridine rings is 1. The third-order valence-corrected chi connectivity index (χ3v) is 5.12. The monoisotopic (exact) mass is 416 g/mol. The van der Waals surface area contributed by atoms with Crippen molar-refractivity contribution < 1.29 is 14.3 Å². The van der Waals surface area contributed by atoms with Crippen LogP contribution in [0.4, 0.5) is 16.3 Å². The lowest BCUT2D eigenvalue weighted by Crippen LogP contribution is -2.31. The second-order valence-electron chi connectivity index (χ2n) is 7.32. The molecule has 2 heterocycles. The van der Waals surface area contributed by atoms with Crippen molar-refractivity contribution in [2.75, 3.05) is 30.4 Å². The summed E-state index contributed by atoms with van der Waals surface area (Å²) in [6, 6.07) is 20.8. The Bertz CT molecular complexity index is 1050. The first kappa shape index (κ1) is 20.4. The number of nitrogens with one attached hydrogen (secondary N) is 1. The molecular formula is C24H24N4O3. The van der Waals surface area contributed by atoms with Gasteiger partial charge in [0, 0.05) is 19.6 Å². The van der Waals surface area contributed by atoms with Gasteiger partial charge in [0.2, 0.25) is 5.91 Å². The maximum Gasteiger partial charge on any atom is 0.326 e. The van der Waals surface area contributed by atoms with Crippen LogP contribution < -0.4 is 15.0 Å². The Morgan fingerprint density at radius 2 is 1.84 bits per heavy atom. The van der Waals surface area contributed by atoms with Crippen molar-refractivity contribution in [3.05, 3.63) is 84.1 Å². The predicted molar refractivity (Wildman–Crippen MR) is 119 cm³/mol. The molecule has 1 aliphatic rings. The van der Waals surface area contributed by atoms with Crippen LogP contribution in [0.1, 0.15) is 11.1 Å². The van der Waals surface area contributed by atoms with Crippen LogP contribution in [0.5, 0.6) is 5.75 Å². The Morgan fingerprint density at radius 3 is 2.58 bits per heavy atom. The number of anilines is 2. The fourth-order valence-electron chi connectivity index (χ4n) is 3.54. The number of methoxy groups -OCH3 is 1. The fourth-order valence-corrected chi connectivity index (χ4v) is 3.54. The molecule has 0 radical (unpaired) electrons. The Kier molecular flexibility index (Phi) is 6.12. The smallest absolute Gasteiger partial charge is 0.326 e. The van der Waals surface area contributed by atoms with Crippen molar-refractivity contribution in [1.82, 2.24) is 9.88 Å². The van der Waals surface area contributed by atoms with Crippen molar-refractivity contribution in [2.45, 2.75) is 13.0 Å². The molecule has 4 rings (SSSR count). The van der Waals surface area contributed by atoms with E-state index >= 15 is 0 Å². The normalized spacial score (nSPS) is 13.4. The molecule has 3 aromatic rings. The molecule has 0 atom stereocenters. The Labute approximate surface area is 181 Å². The number of benzene rings is 2. The highest BCUT2D eigenvalue weighted by Crippen LogP contribution is 2.21. The Balaban J connectivity index is 1.34. The van der Waals surface area contributed by atoms with E-state index < -0.39 is 0 Å². The topological polar surface area (TPSA) is 74.8 Å². The van der Waals surface area contributed by atoms with Gasteiger partial charge in [0.1, 0.15) is 11.6 Å². The number of rotatable bonds is 7. The van der Waals surface area contributed by atoms with Gasteiger partial charge in [0.05, 0.1) is 25.4 Å². The van der Waals surface area contributed by atoms with Crippen LogP contribution in [0.3, 0.4) is 0 Å². The van der Waals surface area contributed by atoms with Gasteiger partial charge in [-0.1, -0.05) is 42.5 Å². The highest BCUT2D eigenvalue weighted by atomic mass is 16.5. The van der Waals surface area contributed by atoms with Gasteiger partial charge >= 0.3 is 6.03 Å². The third-order valence-electron chi connectivity index (χ3n) is 5.12. The van der Waals surface area contributed by atoms with Gasteiger partial charge < -0.3 is 15.0 Å². The molecule has 0 unspecified atom stereocenters. The quantitative estimate of drug-likeness (QED) is 0.637. The zero-order valence-electron chi connectivity index (χ0n) is 17.3. The van der Waals surface area contributed by atoms with E-state index in [1.165, 1.54) is 0 Å². The number of carbonyl (C=O) groups is 2. The van der Waals surface area contributed by atoms with E-state index in [0.29, 0.717) is 36.9 Å². The number of nitrogens with zero attached hydrogens (tertiary/aromatic N) is 3. The van der Waals surface area contributed by atoms with Gasteiger partial charge in [-0.15, -0.1) is 0 Å². The molecule has 0 spiro atoms. The minimum absolute atomic E-state index is 0.0637. The number of hydrogen-bond donors (Lipinski definition) is 1. The van der Waals surface area contributed by atoms with Crippen molar-refractivity contribution >= 4 is 23.4 Å². The van der Waals surface area contributed by atoms with Gasteiger partial charge in [-0.05, 0) is 35.4 Å². The molecule has 2 aromatic carbocycles. The summed E-state index contributed by atoms with van der Waals surface area (Å²) in [7, 11) is 1.60. The van der Waals surface area contributed by atoms with Gasteiger partial charge in [-0.3, -0.25) is 9.69 Å². The average Bonchev–Trinajstić information content (AvgIpc) is 3.15. The van der Waals surface area contributed by atoms with E-state index in [-0.39, 0.29) is 18.4 Å². The molecule has 1 N–H and O–H groups in total. The standard InChI is InChI=1S/C24H24N4O3/c1-31-21-9-5-8-19(14-21)15-23(29)26-20-10-11-22(25-16-20)28-13-12-27(24(28)30)17-18-6-3-2-4-7-18/h2-11,14,16H,12-13,15,17H2,1H3,(H,26,29). The van der Waals surface area contributed by atoms with Crippen LogP contribution in [-0.4, -0.2) is 42.0 Å². The van der Waals surface area contributed by atoms with E-state index in [2.05, 4.69) is 10.3 Å². The molecule has 31 heavy (non-hydrogen) atoms. The van der Waals surface area contributed by atoms with Crippen LogP contribution in [0.15, 0.2) is 72.9 Å². The van der Waals surface area contributed by atoms with E-state index in [1.807, 2.05) is 54.6 Å². The summed E-state index contributed by atoms with van der Waals surface area (Å²) >= 11 is 0. The second-order valence-corrected chi connectivity index (χ2v) is 7.32. The van der Waals surface area contributed by atoms with E-state index in [0.717, 1.165) is 11.1 Å². The highest BCUT2D eigenvalue weighted by Gasteiger charge is 2.30. The Hall–Kier alpha value is -3.87. The van der Waals surface area contributed by atoms with E-state index in [4.69, 9.17) is 4.74 Å². The SMILES string of the molecule is COc1cccc(CC(=O)Nc2ccc(N3CCN(Cc4ccccc4)C3=O)nc2)c1. The molecule has 158 valence electrons. The molecule has 7 nitrogen and oxygen atoms in total. The first-order valence-electron chi connectivity index (χ1n) is 10.1. The van der Waals surface area contributed by atoms with Crippen LogP contribution in [0, 0.1) is 0 Å². The van der Waals surface area contributed by atoms with E-state index in [1.54, 1.807) is 35.2 Å². The van der Waals surface area contributed by atoms with Gasteiger partial charge in [0.25, 0.3) is 0 Å². The van der Waals surface area contributed by atoms with Gasteiger partial charge in [0.15, 0.2) is 0 Å². The molecular weight excluding hydrogens is 392 g/mol. The summed E-state index contributed by atoms with van der Waals surface area (Å²) in [5, 5.41) is 2.84. The number of urea groups is 1. The van der Waals surface area contributed by atoms with Crippen LogP contribution in [-0.2, 0) is 17.8 Å². The molecule has 1 aliphatic heterocycles. The van der Waals surface area contributed by atoms with Crippen LogP contribution in [0.25, 0.3) is 0 Å². The average molecular weight is 416 g/mol. The minimum Gasteiger partial charge on any atom is -0.497 e. The predicted octanol–water partition coefficient (Wildman–Crippen LogP) is 3.71. The highest BCUT2D eigenvalue weighted by molar-refractivity contribution is 5.94. The van der Waals surface area contributed by atoms with Gasteiger partial charge in [-0.2, -0.15) is 0 Å². The number of ether oxygens (including phenoxy) is 1. The lowest BCUT2D eigenvalue weighted by Gasteiger charge is -2.18. The van der Waals surface area contributed by atoms with Crippen LogP contribution >= 0.6 is 0 Å². The molecule has 1 saturated heterocycles. The van der Waals surface area contributed by atoms with Crippen molar-refractivity contribution in [3.63, 3.8) is 0 Å². The summed E-state index contributed by atoms with van der Waals surface area (Å²) in [6.07, 6.45) is 1.81. The molecule has 0 saturated carbocycles. The van der Waals surface area contributed by atoms with Crippen molar-refractivity contribution in [3.8, 4) is 5.75 Å². The van der Waals surface area contributed by atoms with Crippen LogP contribution in [0.2, 0.25) is 0 Å². The molecule has 0 bridgehead atoms. The van der Waals surface area contributed by atoms with E-state index in [9.17, 15) is 9.59 Å². The number of amides is 3. The molecule has 1 fully saturated rings. The zero-order chi connectivity index (χ0) is 21.6. The summed E-state index contributed by atoms with van der Waals surface area (Å²) in [4.78, 5) is 32.9. The third kappa shape index (κ3) is 5.01. The lowest BCUT2D eigenvalue weighted by atomic mass is 10.1. The maximum absolute atomic E-state index is 12.8. The Morgan fingerprint density at radius 1 is 1.03 bits per heavy atom. The largest absolute Gasteiger partial charge is 0.497 e. The molecule has 7 heteroatoms. The number of aromatic nitrogens is 1. The number of carbonyl (C=O) groups excluding carboxylic acids is 2. The summed E-state index contributed by atoms with van der Waals surface area (Å²) < 4.78 is 5.19. The molecule has 3 amide bonds. The van der Waals surface area contributed by atoms with Gasteiger partial charge in [-0.25, -0.2) is 9.78 Å². The molecule has 0 aliphatic carbocycles. The summed E-state index contributed by atoms with van der Waals surface area (Å²) in [5.74, 6) is 1.15. The zero-order valence-corrected chi connectivity index (χ0v) is 17.3. The second kappa shape index (κ2) is 9.30. The van der Waals surface area contributed by atoms with Crippen molar-refractivity contribution in [2.24, 2.45) is 0 Å². The summed E-state index contributed by atoms with van der Waals surface area (Å²) in [6.45, 7) is 1.81. The maximum atomic E-state index is 12.8. The molecule has 1 aromatic heterocycles. The first-order valence-corrected chi connectivity index (χ1v) is 10.1.